The molecule has 0 unspecified atom stereocenters. The van der Waals surface area contributed by atoms with Crippen LogP contribution in [0.4, 0.5) is 0 Å². The summed E-state index contributed by atoms with van der Waals surface area (Å²) in [6.45, 7) is 18.0. The van der Waals surface area contributed by atoms with E-state index in [0.717, 1.165) is 74.3 Å². The molecule has 5 aromatic carbocycles. The van der Waals surface area contributed by atoms with Crippen molar-refractivity contribution >= 4 is 50.8 Å². The van der Waals surface area contributed by atoms with Gasteiger partial charge in [-0.2, -0.15) is 0 Å². The molecule has 0 atom stereocenters. The van der Waals surface area contributed by atoms with Gasteiger partial charge in [0, 0.05) is 42.4 Å². The Kier molecular flexibility index (Phi) is 13.7. The summed E-state index contributed by atoms with van der Waals surface area (Å²) < 4.78 is 10.0. The first-order valence-electron chi connectivity index (χ1n) is 22.3. The third-order valence-electron chi connectivity index (χ3n) is 11.4. The van der Waals surface area contributed by atoms with Gasteiger partial charge in [0.05, 0.1) is 22.4 Å². The smallest absolute Gasteiger partial charge is 0 e. The van der Waals surface area contributed by atoms with Crippen molar-refractivity contribution in [1.29, 1.82) is 0 Å². The maximum Gasteiger partial charge on any atom is 0 e. The zero-order chi connectivity index (χ0) is 44.7. The fraction of sp³-hybridized carbons (Fsp3) is 0.281. The SMILES string of the molecule is CC(C)(C)Cc1ccc2c(n1)oc1c[c-]c(-c3nc4ccccc4n3-c3ccc(C(C)(C)C)cc3-c3ccccc3)cc12.CC(C)Cc1cc(-c2[c-]cccc2)nc[c]1[Ge]([CH3])([CH3])[CH3].[Ir]. The molecule has 0 aliphatic carbocycles. The zero-order valence-corrected chi connectivity index (χ0v) is 43.7. The minimum atomic E-state index is -1.86. The van der Waals surface area contributed by atoms with Gasteiger partial charge < -0.3 is 8.98 Å². The van der Waals surface area contributed by atoms with Crippen molar-refractivity contribution in [2.45, 2.75) is 90.9 Å². The second-order valence-corrected chi connectivity index (χ2v) is 31.1. The van der Waals surface area contributed by atoms with Gasteiger partial charge in [0.25, 0.3) is 0 Å². The summed E-state index contributed by atoms with van der Waals surface area (Å²) in [6.07, 6.45) is 4.16. The fourth-order valence-corrected chi connectivity index (χ4v) is 11.7. The molecule has 0 saturated carbocycles. The minimum Gasteiger partial charge on any atom is 0 e. The third kappa shape index (κ3) is 10.4. The number of aromatic nitrogens is 4. The second kappa shape index (κ2) is 18.8. The Morgan fingerprint density at radius 2 is 1.47 bits per heavy atom. The average Bonchev–Trinajstić information content (AvgIpc) is 3.81. The molecule has 9 aromatic rings. The molecule has 0 amide bonds. The number of benzene rings is 5. The van der Waals surface area contributed by atoms with Crippen molar-refractivity contribution in [2.24, 2.45) is 11.3 Å². The molecule has 0 N–H and O–H groups in total. The van der Waals surface area contributed by atoms with Gasteiger partial charge >= 0.3 is 126 Å². The van der Waals surface area contributed by atoms with Gasteiger partial charge in [-0.15, -0.1) is 23.8 Å². The van der Waals surface area contributed by atoms with Crippen LogP contribution in [-0.2, 0) is 38.4 Å². The van der Waals surface area contributed by atoms with Crippen LogP contribution in [-0.4, -0.2) is 32.8 Å². The van der Waals surface area contributed by atoms with E-state index < -0.39 is 13.3 Å². The molecule has 0 aliphatic heterocycles. The number of furan rings is 1. The van der Waals surface area contributed by atoms with Gasteiger partial charge in [0.15, 0.2) is 0 Å². The quantitative estimate of drug-likeness (QED) is 0.112. The molecular weight excluding hydrogens is 1020 g/mol. The number of pyridine rings is 2. The molecule has 0 spiro atoms. The van der Waals surface area contributed by atoms with Gasteiger partial charge in [0.1, 0.15) is 0 Å². The number of rotatable bonds is 8. The van der Waals surface area contributed by atoms with Gasteiger partial charge in [-0.05, 0) is 64.8 Å². The summed E-state index contributed by atoms with van der Waals surface area (Å²) in [7, 11) is 0. The van der Waals surface area contributed by atoms with Crippen LogP contribution in [0.2, 0.25) is 17.3 Å². The molecule has 5 nitrogen and oxygen atoms in total. The largest absolute Gasteiger partial charge is 0 e. The first-order chi connectivity index (χ1) is 29.9. The first kappa shape index (κ1) is 46.8. The molecular formula is C57H60GeIrN4O-2. The molecule has 7 heteroatoms. The molecule has 4 aromatic heterocycles. The van der Waals surface area contributed by atoms with E-state index in [-0.39, 0.29) is 30.9 Å². The fourth-order valence-electron chi connectivity index (χ4n) is 8.39. The van der Waals surface area contributed by atoms with Gasteiger partial charge in [-0.3, -0.25) is 4.98 Å². The van der Waals surface area contributed by atoms with Crippen LogP contribution < -0.4 is 4.40 Å². The molecule has 0 aliphatic rings. The summed E-state index contributed by atoms with van der Waals surface area (Å²) in [5.74, 6) is 8.84. The molecule has 1 radical (unpaired) electrons. The Hall–Kier alpha value is -5.14. The Balaban J connectivity index is 0.000000246. The molecule has 64 heavy (non-hydrogen) atoms. The summed E-state index contributed by atoms with van der Waals surface area (Å²) >= 11 is -1.86. The zero-order valence-electron chi connectivity index (χ0n) is 39.2. The summed E-state index contributed by atoms with van der Waals surface area (Å²) in [5.41, 5.74) is 13.9. The number of imidazole rings is 1. The van der Waals surface area contributed by atoms with Crippen LogP contribution >= 0.6 is 0 Å². The van der Waals surface area contributed by atoms with Crippen LogP contribution in [0.1, 0.15) is 72.2 Å². The Morgan fingerprint density at radius 1 is 0.734 bits per heavy atom. The van der Waals surface area contributed by atoms with Gasteiger partial charge in [0.2, 0.25) is 5.71 Å². The molecule has 9 rings (SSSR count). The van der Waals surface area contributed by atoms with Crippen molar-refractivity contribution in [3.63, 3.8) is 0 Å². The summed E-state index contributed by atoms with van der Waals surface area (Å²) in [5, 5.41) is 2.02. The van der Waals surface area contributed by atoms with Gasteiger partial charge in [-0.1, -0.05) is 95.5 Å². The normalized spacial score (nSPS) is 12.1. The molecule has 0 saturated heterocycles. The number of hydrogen-bond donors (Lipinski definition) is 0. The van der Waals surface area contributed by atoms with Crippen LogP contribution in [0.25, 0.3) is 72.6 Å². The topological polar surface area (TPSA) is 56.7 Å². The second-order valence-electron chi connectivity index (χ2n) is 20.6. The van der Waals surface area contributed by atoms with Crippen molar-refractivity contribution in [3.05, 3.63) is 163 Å². The van der Waals surface area contributed by atoms with E-state index in [0.29, 0.717) is 11.6 Å². The Bertz CT molecular complexity index is 3040. The predicted molar refractivity (Wildman–Crippen MR) is 268 cm³/mol. The van der Waals surface area contributed by atoms with E-state index in [2.05, 4.69) is 193 Å². The number of hydrogen-bond acceptors (Lipinski definition) is 4. The van der Waals surface area contributed by atoms with E-state index >= 15 is 0 Å². The van der Waals surface area contributed by atoms with Crippen LogP contribution in [0.15, 0.2) is 138 Å². The maximum atomic E-state index is 6.22. The monoisotopic (exact) mass is 1080 g/mol. The van der Waals surface area contributed by atoms with E-state index in [1.165, 1.54) is 22.3 Å². The summed E-state index contributed by atoms with van der Waals surface area (Å²) in [4.78, 5) is 14.7. The molecule has 329 valence electrons. The number of para-hydroxylation sites is 2. The average molecular weight is 1080 g/mol. The van der Waals surface area contributed by atoms with E-state index in [4.69, 9.17) is 19.4 Å². The van der Waals surface area contributed by atoms with E-state index in [1.807, 2.05) is 30.3 Å². The van der Waals surface area contributed by atoms with Crippen LogP contribution in [0, 0.1) is 23.5 Å². The number of fused-ring (bicyclic) bond motifs is 4. The van der Waals surface area contributed by atoms with Crippen molar-refractivity contribution in [2.75, 3.05) is 0 Å². The van der Waals surface area contributed by atoms with Gasteiger partial charge in [-0.25, -0.2) is 4.98 Å². The third-order valence-corrected chi connectivity index (χ3v) is 15.8. The first-order valence-corrected chi connectivity index (χ1v) is 29.7. The minimum absolute atomic E-state index is 0. The van der Waals surface area contributed by atoms with E-state index in [1.54, 1.807) is 4.40 Å². The molecule has 4 heterocycles. The van der Waals surface area contributed by atoms with Crippen molar-refractivity contribution < 1.29 is 24.5 Å². The Labute approximate surface area is 396 Å². The van der Waals surface area contributed by atoms with Crippen LogP contribution in [0.5, 0.6) is 0 Å². The maximum absolute atomic E-state index is 6.22. The van der Waals surface area contributed by atoms with E-state index in [9.17, 15) is 0 Å². The Morgan fingerprint density at radius 3 is 2.16 bits per heavy atom. The molecule has 0 fully saturated rings. The standard InChI is InChI=1S/C39H36N3O.C18H24GeN.Ir/c1-38(2,3)24-28-18-19-29-31-22-26(16-21-35(31)43-37(29)40-28)36-41-32-14-10-11-15-34(32)42(36)33-20-17-27(39(4,5)6)23-30(33)25-12-8-7-9-13-25;1-14(2)11-16-12-18(15-9-7-6-8-10-15)20-13-17(16)19(3,4)5;/h7-15,17-23H,24H2,1-6H3;6-9,12-14H,11H2,1-5H3;/q2*-1;. The van der Waals surface area contributed by atoms with Crippen molar-refractivity contribution in [1.82, 2.24) is 19.5 Å². The molecule has 0 bridgehead atoms. The van der Waals surface area contributed by atoms with Crippen LogP contribution in [0.3, 0.4) is 0 Å². The predicted octanol–water partition coefficient (Wildman–Crippen LogP) is 14.6. The number of nitrogens with zero attached hydrogens (tertiary/aromatic N) is 4. The summed E-state index contributed by atoms with van der Waals surface area (Å²) in [6, 6.07) is 51.3. The van der Waals surface area contributed by atoms with Crippen molar-refractivity contribution in [3.8, 4) is 39.5 Å².